The Hall–Kier alpha value is -1.35. The number of nitrogens with zero attached hydrogens (tertiary/aromatic N) is 1. The molecule has 0 radical (unpaired) electrons. The van der Waals surface area contributed by atoms with Crippen LogP contribution in [0.5, 0.6) is 0 Å². The molecule has 0 heterocycles. The highest BCUT2D eigenvalue weighted by molar-refractivity contribution is 6.32. The van der Waals surface area contributed by atoms with Crippen LogP contribution in [0.3, 0.4) is 0 Å². The third-order valence-electron chi connectivity index (χ3n) is 1.73. The summed E-state index contributed by atoms with van der Waals surface area (Å²) in [4.78, 5) is 10.0. The van der Waals surface area contributed by atoms with Gasteiger partial charge in [0, 0.05) is 11.6 Å². The lowest BCUT2D eigenvalue weighted by Crippen LogP contribution is -1.92. The maximum Gasteiger partial charge on any atom is 0.273 e. The van der Waals surface area contributed by atoms with E-state index in [4.69, 9.17) is 11.6 Å². The Balaban J connectivity index is 3.36. The lowest BCUT2D eigenvalue weighted by molar-refractivity contribution is -0.385. The number of benzene rings is 1. The third kappa shape index (κ3) is 1.87. The van der Waals surface area contributed by atoms with E-state index in [-0.39, 0.29) is 5.69 Å². The zero-order valence-electron chi connectivity index (χ0n) is 7.08. The Morgan fingerprint density at radius 2 is 2.23 bits per heavy atom. The van der Waals surface area contributed by atoms with E-state index < -0.39 is 4.92 Å². The highest BCUT2D eigenvalue weighted by Crippen LogP contribution is 2.26. The van der Waals surface area contributed by atoms with Gasteiger partial charge in [-0.25, -0.2) is 0 Å². The number of halogens is 1. The molecule has 0 spiro atoms. The summed E-state index contributed by atoms with van der Waals surface area (Å²) in [6, 6.07) is 2.99. The first-order chi connectivity index (χ1) is 6.06. The van der Waals surface area contributed by atoms with Crippen LogP contribution in [0.1, 0.15) is 11.1 Å². The van der Waals surface area contributed by atoms with Crippen molar-refractivity contribution >= 4 is 23.4 Å². The van der Waals surface area contributed by atoms with Gasteiger partial charge in [-0.3, -0.25) is 10.1 Å². The Morgan fingerprint density at radius 1 is 1.62 bits per heavy atom. The lowest BCUT2D eigenvalue weighted by atomic mass is 10.1. The van der Waals surface area contributed by atoms with Crippen molar-refractivity contribution < 1.29 is 4.92 Å². The summed E-state index contributed by atoms with van der Waals surface area (Å²) in [5.41, 5.74) is 1.34. The molecule has 13 heavy (non-hydrogen) atoms. The van der Waals surface area contributed by atoms with Crippen LogP contribution in [0, 0.1) is 17.0 Å². The zero-order valence-corrected chi connectivity index (χ0v) is 7.84. The largest absolute Gasteiger partial charge is 0.273 e. The summed E-state index contributed by atoms with van der Waals surface area (Å²) in [6.45, 7) is 5.22. The summed E-state index contributed by atoms with van der Waals surface area (Å²) in [5.74, 6) is 0. The number of hydrogen-bond donors (Lipinski definition) is 0. The fourth-order valence-corrected chi connectivity index (χ4v) is 1.28. The van der Waals surface area contributed by atoms with Crippen LogP contribution in [0.2, 0.25) is 5.02 Å². The molecule has 0 bridgehead atoms. The molecule has 3 nitrogen and oxygen atoms in total. The maximum absolute atomic E-state index is 10.5. The molecule has 0 N–H and O–H groups in total. The van der Waals surface area contributed by atoms with Gasteiger partial charge in [0.25, 0.3) is 5.69 Å². The first-order valence-electron chi connectivity index (χ1n) is 3.63. The fraction of sp³-hybridized carbons (Fsp3) is 0.111. The van der Waals surface area contributed by atoms with Gasteiger partial charge in [-0.1, -0.05) is 24.3 Å². The molecule has 0 aliphatic rings. The van der Waals surface area contributed by atoms with Gasteiger partial charge < -0.3 is 0 Å². The highest BCUT2D eigenvalue weighted by Gasteiger charge is 2.12. The number of rotatable bonds is 2. The molecule has 0 saturated carbocycles. The molecule has 0 unspecified atom stereocenters. The average Bonchev–Trinajstić information content (AvgIpc) is 2.07. The van der Waals surface area contributed by atoms with Crippen molar-refractivity contribution in [2.24, 2.45) is 0 Å². The van der Waals surface area contributed by atoms with Crippen LogP contribution < -0.4 is 0 Å². The van der Waals surface area contributed by atoms with Crippen molar-refractivity contribution in [3.05, 3.63) is 45.0 Å². The second-order valence-corrected chi connectivity index (χ2v) is 3.03. The van der Waals surface area contributed by atoms with E-state index in [2.05, 4.69) is 6.58 Å². The third-order valence-corrected chi connectivity index (χ3v) is 2.06. The molecule has 4 heteroatoms. The average molecular weight is 198 g/mol. The summed E-state index contributed by atoms with van der Waals surface area (Å²) >= 11 is 5.77. The zero-order chi connectivity index (χ0) is 10.0. The number of nitro benzene ring substituents is 1. The minimum atomic E-state index is -0.450. The number of nitro groups is 1. The maximum atomic E-state index is 10.5. The standard InChI is InChI=1S/C9H8ClNO2/c1-3-7-4-6(2)9(11(12)13)5-8(7)10/h3-5H,1H2,2H3. The highest BCUT2D eigenvalue weighted by atomic mass is 35.5. The van der Waals surface area contributed by atoms with Crippen molar-refractivity contribution in [2.45, 2.75) is 6.92 Å². The van der Waals surface area contributed by atoms with Gasteiger partial charge in [-0.2, -0.15) is 0 Å². The molecule has 0 atom stereocenters. The molecular weight excluding hydrogens is 190 g/mol. The minimum absolute atomic E-state index is 0.0376. The molecule has 1 rings (SSSR count). The lowest BCUT2D eigenvalue weighted by Gasteiger charge is -2.01. The second-order valence-electron chi connectivity index (χ2n) is 2.62. The summed E-state index contributed by atoms with van der Waals surface area (Å²) in [6.07, 6.45) is 1.57. The van der Waals surface area contributed by atoms with Crippen LogP contribution >= 0.6 is 11.6 Å². The molecule has 0 aromatic heterocycles. The van der Waals surface area contributed by atoms with Crippen LogP contribution in [0.15, 0.2) is 18.7 Å². The van der Waals surface area contributed by atoms with E-state index in [9.17, 15) is 10.1 Å². The second kappa shape index (κ2) is 3.58. The van der Waals surface area contributed by atoms with E-state index in [0.29, 0.717) is 16.1 Å². The van der Waals surface area contributed by atoms with Gasteiger partial charge in [0.1, 0.15) is 0 Å². The van der Waals surface area contributed by atoms with Crippen LogP contribution in [-0.2, 0) is 0 Å². The van der Waals surface area contributed by atoms with E-state index in [1.807, 2.05) is 0 Å². The van der Waals surface area contributed by atoms with Gasteiger partial charge >= 0.3 is 0 Å². The SMILES string of the molecule is C=Cc1cc(C)c([N+](=O)[O-])cc1Cl. The Kier molecular flexibility index (Phi) is 2.68. The summed E-state index contributed by atoms with van der Waals surface area (Å²) in [7, 11) is 0. The minimum Gasteiger partial charge on any atom is -0.258 e. The smallest absolute Gasteiger partial charge is 0.258 e. The predicted octanol–water partition coefficient (Wildman–Crippen LogP) is 3.20. The van der Waals surface area contributed by atoms with Crippen LogP contribution in [-0.4, -0.2) is 4.92 Å². The van der Waals surface area contributed by atoms with Gasteiger partial charge in [0.2, 0.25) is 0 Å². The molecule has 0 aliphatic carbocycles. The molecule has 0 saturated heterocycles. The fourth-order valence-electron chi connectivity index (χ4n) is 1.05. The first kappa shape index (κ1) is 9.74. The molecule has 1 aromatic carbocycles. The quantitative estimate of drug-likeness (QED) is 0.540. The summed E-state index contributed by atoms with van der Waals surface area (Å²) in [5, 5.41) is 10.8. The van der Waals surface area contributed by atoms with Crippen LogP contribution in [0.4, 0.5) is 5.69 Å². The van der Waals surface area contributed by atoms with Crippen molar-refractivity contribution in [3.63, 3.8) is 0 Å². The van der Waals surface area contributed by atoms with Gasteiger partial charge in [0.05, 0.1) is 9.95 Å². The van der Waals surface area contributed by atoms with E-state index >= 15 is 0 Å². The van der Waals surface area contributed by atoms with Crippen molar-refractivity contribution in [1.82, 2.24) is 0 Å². The van der Waals surface area contributed by atoms with E-state index in [0.717, 1.165) is 0 Å². The summed E-state index contributed by atoms with van der Waals surface area (Å²) < 4.78 is 0. The van der Waals surface area contributed by atoms with Crippen molar-refractivity contribution in [3.8, 4) is 0 Å². The normalized spacial score (nSPS) is 9.69. The van der Waals surface area contributed by atoms with Crippen molar-refractivity contribution in [1.29, 1.82) is 0 Å². The molecule has 0 amide bonds. The molecule has 0 fully saturated rings. The monoisotopic (exact) mass is 197 g/mol. The van der Waals surface area contributed by atoms with Crippen LogP contribution in [0.25, 0.3) is 6.08 Å². The predicted molar refractivity (Wildman–Crippen MR) is 52.9 cm³/mol. The Bertz CT molecular complexity index is 374. The van der Waals surface area contributed by atoms with Gasteiger partial charge in [-0.05, 0) is 18.6 Å². The van der Waals surface area contributed by atoms with Gasteiger partial charge in [-0.15, -0.1) is 0 Å². The first-order valence-corrected chi connectivity index (χ1v) is 4.01. The van der Waals surface area contributed by atoms with E-state index in [1.54, 1.807) is 19.1 Å². The molecule has 68 valence electrons. The Labute approximate surface area is 80.8 Å². The van der Waals surface area contributed by atoms with Gasteiger partial charge in [0.15, 0.2) is 0 Å². The van der Waals surface area contributed by atoms with E-state index in [1.165, 1.54) is 6.07 Å². The van der Waals surface area contributed by atoms with Crippen molar-refractivity contribution in [2.75, 3.05) is 0 Å². The molecular formula is C9H8ClNO2. The Morgan fingerprint density at radius 3 is 2.69 bits per heavy atom. The molecule has 1 aromatic rings. The number of hydrogen-bond acceptors (Lipinski definition) is 2. The number of aryl methyl sites for hydroxylation is 1. The topological polar surface area (TPSA) is 43.1 Å². The molecule has 0 aliphatic heterocycles.